The lowest BCUT2D eigenvalue weighted by Gasteiger charge is -2.06. The second-order valence-corrected chi connectivity index (χ2v) is 4.53. The van der Waals surface area contributed by atoms with Crippen LogP contribution in [0.25, 0.3) is 11.5 Å². The standard InChI is InChI=1S/C13H12N6O3/c1-8-16-12(10-4-5-11(22-10)19(20)21)9(6-14)13(17-8)15-7-18(2)3/h4-5,7H,1-3H3/b15-7+. The molecule has 0 aliphatic rings. The first-order chi connectivity index (χ1) is 10.4. The maximum Gasteiger partial charge on any atom is 0.433 e. The molecule has 2 aromatic heterocycles. The first-order valence-electron chi connectivity index (χ1n) is 6.16. The van der Waals surface area contributed by atoms with Crippen molar-refractivity contribution in [3.63, 3.8) is 0 Å². The minimum absolute atomic E-state index is 0.0907. The monoisotopic (exact) mass is 300 g/mol. The fourth-order valence-electron chi connectivity index (χ4n) is 1.66. The normalized spacial score (nSPS) is 10.6. The van der Waals surface area contributed by atoms with Crippen LogP contribution in [0, 0.1) is 28.4 Å². The number of aryl methyl sites for hydroxylation is 1. The highest BCUT2D eigenvalue weighted by Gasteiger charge is 2.20. The molecule has 9 nitrogen and oxygen atoms in total. The fraction of sp³-hybridized carbons (Fsp3) is 0.231. The summed E-state index contributed by atoms with van der Waals surface area (Å²) in [6.45, 7) is 1.64. The Kier molecular flexibility index (Phi) is 4.13. The molecule has 0 spiro atoms. The lowest BCUT2D eigenvalue weighted by molar-refractivity contribution is -0.401. The van der Waals surface area contributed by atoms with Gasteiger partial charge in [-0.1, -0.05) is 0 Å². The van der Waals surface area contributed by atoms with Gasteiger partial charge >= 0.3 is 5.88 Å². The van der Waals surface area contributed by atoms with E-state index in [1.54, 1.807) is 25.9 Å². The van der Waals surface area contributed by atoms with E-state index in [9.17, 15) is 15.4 Å². The maximum absolute atomic E-state index is 10.7. The fourth-order valence-corrected chi connectivity index (χ4v) is 1.66. The lowest BCUT2D eigenvalue weighted by Crippen LogP contribution is -2.07. The van der Waals surface area contributed by atoms with Crippen LogP contribution in [-0.4, -0.2) is 40.2 Å². The van der Waals surface area contributed by atoms with Gasteiger partial charge < -0.3 is 9.32 Å². The van der Waals surface area contributed by atoms with Gasteiger partial charge in [-0.3, -0.25) is 10.1 Å². The number of aromatic nitrogens is 2. The Morgan fingerprint density at radius 3 is 2.73 bits per heavy atom. The van der Waals surface area contributed by atoms with E-state index >= 15 is 0 Å². The third kappa shape index (κ3) is 3.06. The minimum Gasteiger partial charge on any atom is -0.399 e. The van der Waals surface area contributed by atoms with Gasteiger partial charge in [0.25, 0.3) is 0 Å². The summed E-state index contributed by atoms with van der Waals surface area (Å²) in [7, 11) is 3.56. The van der Waals surface area contributed by atoms with Crippen LogP contribution >= 0.6 is 0 Å². The summed E-state index contributed by atoms with van der Waals surface area (Å²) in [6, 6.07) is 4.56. The topological polar surface area (TPSA) is 121 Å². The average Bonchev–Trinajstić information content (AvgIpc) is 2.94. The van der Waals surface area contributed by atoms with Crippen molar-refractivity contribution in [3.8, 4) is 17.5 Å². The van der Waals surface area contributed by atoms with E-state index in [0.717, 1.165) is 0 Å². The Hall–Kier alpha value is -3.28. The van der Waals surface area contributed by atoms with Gasteiger partial charge in [-0.25, -0.2) is 15.0 Å². The van der Waals surface area contributed by atoms with Gasteiger partial charge in [0, 0.05) is 14.1 Å². The Labute approximate surface area is 125 Å². The van der Waals surface area contributed by atoms with E-state index in [1.807, 2.05) is 6.07 Å². The maximum atomic E-state index is 10.7. The van der Waals surface area contributed by atoms with E-state index in [-0.39, 0.29) is 22.8 Å². The molecule has 112 valence electrons. The number of hydrogen-bond donors (Lipinski definition) is 0. The molecule has 0 saturated heterocycles. The molecule has 0 bridgehead atoms. The van der Waals surface area contributed by atoms with Crippen molar-refractivity contribution in [2.24, 2.45) is 4.99 Å². The lowest BCUT2D eigenvalue weighted by atomic mass is 10.2. The molecule has 0 aliphatic heterocycles. The van der Waals surface area contributed by atoms with Gasteiger partial charge in [0.05, 0.1) is 12.4 Å². The number of rotatable bonds is 4. The van der Waals surface area contributed by atoms with Gasteiger partial charge in [-0.15, -0.1) is 0 Å². The van der Waals surface area contributed by atoms with Gasteiger partial charge in [-0.05, 0) is 13.0 Å². The van der Waals surface area contributed by atoms with Crippen LogP contribution in [0.4, 0.5) is 11.7 Å². The summed E-state index contributed by atoms with van der Waals surface area (Å²) in [5.74, 6) is 0.250. The van der Waals surface area contributed by atoms with Crippen LogP contribution in [0.5, 0.6) is 0 Å². The number of nitrogens with zero attached hydrogens (tertiary/aromatic N) is 6. The zero-order valence-electron chi connectivity index (χ0n) is 12.1. The molecule has 9 heteroatoms. The molecule has 0 amide bonds. The molecule has 0 unspecified atom stereocenters. The quantitative estimate of drug-likeness (QED) is 0.366. The average molecular weight is 300 g/mol. The molecule has 0 atom stereocenters. The largest absolute Gasteiger partial charge is 0.433 e. The highest BCUT2D eigenvalue weighted by Crippen LogP contribution is 2.30. The summed E-state index contributed by atoms with van der Waals surface area (Å²) in [6.07, 6.45) is 1.50. The van der Waals surface area contributed by atoms with Crippen LogP contribution < -0.4 is 0 Å². The molecule has 0 N–H and O–H groups in total. The molecule has 22 heavy (non-hydrogen) atoms. The van der Waals surface area contributed by atoms with E-state index in [4.69, 9.17) is 4.42 Å². The summed E-state index contributed by atoms with van der Waals surface area (Å²) in [5, 5.41) is 20.0. The number of hydrogen-bond acceptors (Lipinski definition) is 7. The Bertz CT molecular complexity index is 788. The van der Waals surface area contributed by atoms with E-state index < -0.39 is 10.8 Å². The molecule has 2 rings (SSSR count). The molecule has 0 aliphatic carbocycles. The van der Waals surface area contributed by atoms with Crippen LogP contribution in [0.1, 0.15) is 11.4 Å². The van der Waals surface area contributed by atoms with E-state index in [1.165, 1.54) is 18.5 Å². The first-order valence-corrected chi connectivity index (χ1v) is 6.16. The summed E-state index contributed by atoms with van der Waals surface area (Å²) in [5.41, 5.74) is 0.266. The number of furan rings is 1. The van der Waals surface area contributed by atoms with Gasteiger partial charge in [0.2, 0.25) is 0 Å². The molecule has 0 aromatic carbocycles. The Balaban J connectivity index is 2.60. The smallest absolute Gasteiger partial charge is 0.399 e. The molecule has 2 heterocycles. The zero-order valence-corrected chi connectivity index (χ0v) is 12.1. The molecule has 0 saturated carbocycles. The van der Waals surface area contributed by atoms with Crippen LogP contribution in [0.15, 0.2) is 21.5 Å². The molecule has 0 fully saturated rings. The molecular weight excluding hydrogens is 288 g/mol. The SMILES string of the molecule is Cc1nc(/N=C/N(C)C)c(C#N)c(-c2ccc([N+](=O)[O-])o2)n1. The van der Waals surface area contributed by atoms with Crippen molar-refractivity contribution >= 4 is 18.0 Å². The summed E-state index contributed by atoms with van der Waals surface area (Å²) < 4.78 is 5.11. The third-order valence-corrected chi connectivity index (χ3v) is 2.53. The van der Waals surface area contributed by atoms with Crippen molar-refractivity contribution in [1.82, 2.24) is 14.9 Å². The summed E-state index contributed by atoms with van der Waals surface area (Å²) in [4.78, 5) is 24.1. The first kappa shape index (κ1) is 15.1. The Morgan fingerprint density at radius 2 is 2.18 bits per heavy atom. The Morgan fingerprint density at radius 1 is 1.45 bits per heavy atom. The van der Waals surface area contributed by atoms with Crippen molar-refractivity contribution in [2.75, 3.05) is 14.1 Å². The van der Waals surface area contributed by atoms with Crippen LogP contribution in [0.3, 0.4) is 0 Å². The highest BCUT2D eigenvalue weighted by molar-refractivity contribution is 5.71. The second kappa shape index (κ2) is 6.01. The molecular formula is C13H12N6O3. The molecule has 0 radical (unpaired) electrons. The number of nitro groups is 1. The van der Waals surface area contributed by atoms with Gasteiger partial charge in [0.1, 0.15) is 28.1 Å². The number of aliphatic imine (C=N–C) groups is 1. The van der Waals surface area contributed by atoms with Crippen molar-refractivity contribution in [2.45, 2.75) is 6.92 Å². The summed E-state index contributed by atoms with van der Waals surface area (Å²) >= 11 is 0. The van der Waals surface area contributed by atoms with Crippen LogP contribution in [0.2, 0.25) is 0 Å². The highest BCUT2D eigenvalue weighted by atomic mass is 16.6. The predicted octanol–water partition coefficient (Wildman–Crippen LogP) is 2.05. The predicted molar refractivity (Wildman–Crippen MR) is 77.7 cm³/mol. The number of nitriles is 1. The van der Waals surface area contributed by atoms with Crippen molar-refractivity contribution in [1.29, 1.82) is 5.26 Å². The van der Waals surface area contributed by atoms with Gasteiger partial charge in [0.15, 0.2) is 11.6 Å². The van der Waals surface area contributed by atoms with E-state index in [2.05, 4.69) is 15.0 Å². The van der Waals surface area contributed by atoms with Crippen LogP contribution in [-0.2, 0) is 0 Å². The third-order valence-electron chi connectivity index (χ3n) is 2.53. The molecule has 2 aromatic rings. The minimum atomic E-state index is -0.658. The van der Waals surface area contributed by atoms with Crippen molar-refractivity contribution < 1.29 is 9.34 Å². The zero-order chi connectivity index (χ0) is 16.3. The second-order valence-electron chi connectivity index (χ2n) is 4.53. The van der Waals surface area contributed by atoms with E-state index in [0.29, 0.717) is 5.82 Å². The van der Waals surface area contributed by atoms with Gasteiger partial charge in [-0.2, -0.15) is 5.26 Å². The van der Waals surface area contributed by atoms with Crippen molar-refractivity contribution in [3.05, 3.63) is 33.6 Å².